The Morgan fingerprint density at radius 3 is 2.57 bits per heavy atom. The van der Waals surface area contributed by atoms with Gasteiger partial charge < -0.3 is 14.6 Å². The summed E-state index contributed by atoms with van der Waals surface area (Å²) in [6, 6.07) is 5.99. The van der Waals surface area contributed by atoms with Crippen molar-refractivity contribution in [1.29, 1.82) is 0 Å². The van der Waals surface area contributed by atoms with Crippen LogP contribution >= 0.6 is 0 Å². The summed E-state index contributed by atoms with van der Waals surface area (Å²) >= 11 is 0. The van der Waals surface area contributed by atoms with Crippen molar-refractivity contribution >= 4 is 12.1 Å². The fourth-order valence-corrected chi connectivity index (χ4v) is 3.15. The second kappa shape index (κ2) is 7.63. The fourth-order valence-electron chi connectivity index (χ4n) is 3.15. The lowest BCUT2D eigenvalue weighted by Crippen LogP contribution is -2.33. The molecule has 1 aromatic carbocycles. The van der Waals surface area contributed by atoms with Crippen LogP contribution in [0.2, 0.25) is 0 Å². The first-order valence-corrected chi connectivity index (χ1v) is 9.03. The Hall–Kier alpha value is -2.87. The van der Waals surface area contributed by atoms with Crippen molar-refractivity contribution in [2.24, 2.45) is 0 Å². The Bertz CT molecular complexity index is 898. The van der Waals surface area contributed by atoms with Crippen LogP contribution in [0, 0.1) is 0 Å². The summed E-state index contributed by atoms with van der Waals surface area (Å²) in [6.45, 7) is 7.13. The SMILES string of the molecule is COCc1nn(Cc2ccc3c(c2)CN(C(=O)OC(C)(C)C)C3)cc1C(=O)O. The second-order valence-electron chi connectivity index (χ2n) is 7.86. The first-order chi connectivity index (χ1) is 13.2. The summed E-state index contributed by atoms with van der Waals surface area (Å²) in [5.74, 6) is -1.03. The lowest BCUT2D eigenvalue weighted by Gasteiger charge is -2.24. The normalized spacial score (nSPS) is 13.5. The summed E-state index contributed by atoms with van der Waals surface area (Å²) in [4.78, 5) is 25.3. The highest BCUT2D eigenvalue weighted by Crippen LogP contribution is 2.26. The minimum Gasteiger partial charge on any atom is -0.478 e. The lowest BCUT2D eigenvalue weighted by atomic mass is 10.1. The number of carboxylic acids is 1. The van der Waals surface area contributed by atoms with Crippen molar-refractivity contribution in [3.63, 3.8) is 0 Å². The molecule has 0 unspecified atom stereocenters. The zero-order chi connectivity index (χ0) is 20.5. The molecule has 150 valence electrons. The quantitative estimate of drug-likeness (QED) is 0.848. The second-order valence-corrected chi connectivity index (χ2v) is 7.86. The van der Waals surface area contributed by atoms with Gasteiger partial charge in [0.2, 0.25) is 0 Å². The van der Waals surface area contributed by atoms with E-state index in [4.69, 9.17) is 9.47 Å². The van der Waals surface area contributed by atoms with Gasteiger partial charge in [0.1, 0.15) is 16.9 Å². The predicted octanol–water partition coefficient (Wildman–Crippen LogP) is 3.03. The number of fused-ring (bicyclic) bond motifs is 1. The molecule has 0 fully saturated rings. The number of methoxy groups -OCH3 is 1. The van der Waals surface area contributed by atoms with Crippen LogP contribution < -0.4 is 0 Å². The molecule has 8 heteroatoms. The zero-order valence-corrected chi connectivity index (χ0v) is 16.6. The highest BCUT2D eigenvalue weighted by Gasteiger charge is 2.27. The van der Waals surface area contributed by atoms with Gasteiger partial charge in [-0.15, -0.1) is 0 Å². The number of ether oxygens (including phenoxy) is 2. The number of aromatic nitrogens is 2. The molecule has 1 amide bonds. The summed E-state index contributed by atoms with van der Waals surface area (Å²) in [7, 11) is 1.50. The Balaban J connectivity index is 1.73. The van der Waals surface area contributed by atoms with Crippen LogP contribution in [0.4, 0.5) is 4.79 Å². The van der Waals surface area contributed by atoms with Crippen molar-refractivity contribution in [3.8, 4) is 0 Å². The molecule has 28 heavy (non-hydrogen) atoms. The van der Waals surface area contributed by atoms with E-state index in [0.717, 1.165) is 16.7 Å². The summed E-state index contributed by atoms with van der Waals surface area (Å²) < 4.78 is 12.1. The number of benzene rings is 1. The molecule has 2 aromatic rings. The molecule has 0 atom stereocenters. The molecule has 1 N–H and O–H groups in total. The standard InChI is InChI=1S/C20H25N3O5/c1-20(2,3)28-19(26)22-9-14-6-5-13(7-15(14)10-22)8-23-11-16(18(24)25)17(21-23)12-27-4/h5-7,11H,8-10,12H2,1-4H3,(H,24,25). The average Bonchev–Trinajstić information content (AvgIpc) is 3.17. The first kappa shape index (κ1) is 19.9. The fraction of sp³-hybridized carbons (Fsp3) is 0.450. The van der Waals surface area contributed by atoms with Crippen molar-refractivity contribution in [1.82, 2.24) is 14.7 Å². The molecule has 0 spiro atoms. The molecule has 2 heterocycles. The zero-order valence-electron chi connectivity index (χ0n) is 16.6. The molecular formula is C20H25N3O5. The number of hydrogen-bond acceptors (Lipinski definition) is 5. The van der Waals surface area contributed by atoms with Gasteiger partial charge in [0, 0.05) is 26.4 Å². The maximum atomic E-state index is 12.3. The summed E-state index contributed by atoms with van der Waals surface area (Å²) in [6.07, 6.45) is 1.18. The molecule has 0 radical (unpaired) electrons. The van der Waals surface area contributed by atoms with Crippen molar-refractivity contribution in [2.75, 3.05) is 7.11 Å². The van der Waals surface area contributed by atoms with E-state index in [9.17, 15) is 14.7 Å². The molecule has 0 saturated heterocycles. The molecular weight excluding hydrogens is 362 g/mol. The van der Waals surface area contributed by atoms with E-state index in [1.54, 1.807) is 9.58 Å². The highest BCUT2D eigenvalue weighted by atomic mass is 16.6. The number of carboxylic acid groups (broad SMARTS) is 1. The van der Waals surface area contributed by atoms with Gasteiger partial charge in [0.25, 0.3) is 0 Å². The van der Waals surface area contributed by atoms with E-state index in [1.165, 1.54) is 13.3 Å². The van der Waals surface area contributed by atoms with E-state index in [-0.39, 0.29) is 18.3 Å². The van der Waals surface area contributed by atoms with Gasteiger partial charge in [-0.05, 0) is 37.5 Å². The Labute approximate surface area is 163 Å². The summed E-state index contributed by atoms with van der Waals surface area (Å²) in [5.41, 5.74) is 3.13. The lowest BCUT2D eigenvalue weighted by molar-refractivity contribution is 0.0241. The molecule has 0 aliphatic carbocycles. The molecule has 0 saturated carbocycles. The third-order valence-corrected chi connectivity index (χ3v) is 4.34. The predicted molar refractivity (Wildman–Crippen MR) is 101 cm³/mol. The summed E-state index contributed by atoms with van der Waals surface area (Å²) in [5, 5.41) is 13.6. The van der Waals surface area contributed by atoms with Crippen molar-refractivity contribution in [2.45, 2.75) is 52.6 Å². The molecule has 1 aliphatic rings. The Morgan fingerprint density at radius 2 is 1.93 bits per heavy atom. The van der Waals surface area contributed by atoms with Crippen molar-refractivity contribution in [3.05, 3.63) is 52.3 Å². The van der Waals surface area contributed by atoms with Gasteiger partial charge >= 0.3 is 12.1 Å². The average molecular weight is 387 g/mol. The third-order valence-electron chi connectivity index (χ3n) is 4.34. The van der Waals surface area contributed by atoms with Gasteiger partial charge in [-0.25, -0.2) is 9.59 Å². The molecule has 3 rings (SSSR count). The van der Waals surface area contributed by atoms with Crippen LogP contribution in [0.15, 0.2) is 24.4 Å². The van der Waals surface area contributed by atoms with E-state index in [2.05, 4.69) is 5.10 Å². The smallest absolute Gasteiger partial charge is 0.410 e. The van der Waals surface area contributed by atoms with Crippen molar-refractivity contribution < 1.29 is 24.2 Å². The van der Waals surface area contributed by atoms with Gasteiger partial charge in [0.15, 0.2) is 0 Å². The maximum Gasteiger partial charge on any atom is 0.410 e. The number of nitrogens with zero attached hydrogens (tertiary/aromatic N) is 3. The van der Waals surface area contributed by atoms with Gasteiger partial charge in [-0.2, -0.15) is 5.10 Å². The first-order valence-electron chi connectivity index (χ1n) is 9.03. The van der Waals surface area contributed by atoms with Crippen LogP contribution in [0.1, 0.15) is 53.5 Å². The molecule has 1 aliphatic heterocycles. The monoisotopic (exact) mass is 387 g/mol. The Kier molecular flexibility index (Phi) is 5.42. The largest absolute Gasteiger partial charge is 0.478 e. The number of amides is 1. The van der Waals surface area contributed by atoms with Gasteiger partial charge in [0.05, 0.1) is 13.2 Å². The number of rotatable bonds is 5. The Morgan fingerprint density at radius 1 is 1.21 bits per heavy atom. The van der Waals surface area contributed by atoms with Crippen LogP contribution in [0.3, 0.4) is 0 Å². The molecule has 0 bridgehead atoms. The molecule has 1 aromatic heterocycles. The van der Waals surface area contributed by atoms with Gasteiger partial charge in [-0.1, -0.05) is 18.2 Å². The highest BCUT2D eigenvalue weighted by molar-refractivity contribution is 5.88. The van der Waals surface area contributed by atoms with E-state index in [0.29, 0.717) is 25.3 Å². The number of carbonyl (C=O) groups excluding carboxylic acids is 1. The van der Waals surface area contributed by atoms with Crippen LogP contribution in [-0.4, -0.2) is 44.6 Å². The third kappa shape index (κ3) is 4.51. The van der Waals surface area contributed by atoms with E-state index in [1.807, 2.05) is 39.0 Å². The van der Waals surface area contributed by atoms with Crippen LogP contribution in [0.5, 0.6) is 0 Å². The number of hydrogen-bond donors (Lipinski definition) is 1. The number of aromatic carboxylic acids is 1. The maximum absolute atomic E-state index is 12.3. The van der Waals surface area contributed by atoms with Crippen LogP contribution in [0.25, 0.3) is 0 Å². The van der Waals surface area contributed by atoms with E-state index < -0.39 is 11.6 Å². The minimum absolute atomic E-state index is 0.138. The minimum atomic E-state index is -1.03. The topological polar surface area (TPSA) is 93.9 Å². The van der Waals surface area contributed by atoms with E-state index >= 15 is 0 Å². The molecule has 8 nitrogen and oxygen atoms in total. The number of carbonyl (C=O) groups is 2. The van der Waals surface area contributed by atoms with Crippen LogP contribution in [-0.2, 0) is 35.7 Å². The van der Waals surface area contributed by atoms with Gasteiger partial charge in [-0.3, -0.25) is 9.58 Å².